The van der Waals surface area contributed by atoms with Crippen molar-refractivity contribution in [1.82, 2.24) is 15.8 Å². The molecular weight excluding hydrogens is 339 g/mol. The fourth-order valence-electron chi connectivity index (χ4n) is 2.20. The molecule has 3 amide bonds. The second-order valence-corrected chi connectivity index (χ2v) is 5.81. The molecule has 1 heterocycles. The number of anilines is 1. The van der Waals surface area contributed by atoms with E-state index in [1.54, 1.807) is 6.92 Å². The van der Waals surface area contributed by atoms with E-state index < -0.39 is 11.8 Å². The molecule has 8 heteroatoms. The van der Waals surface area contributed by atoms with Gasteiger partial charge in [0.25, 0.3) is 5.91 Å². The number of amides is 3. The van der Waals surface area contributed by atoms with E-state index in [1.165, 1.54) is 48.8 Å². The Labute approximate surface area is 150 Å². The maximum Gasteiger partial charge on any atom is 0.269 e. The topological polar surface area (TPSA) is 100 Å². The number of hydrogen-bond acceptors (Lipinski definition) is 4. The van der Waals surface area contributed by atoms with Crippen molar-refractivity contribution in [2.45, 2.75) is 19.8 Å². The highest BCUT2D eigenvalue weighted by Gasteiger charge is 2.14. The number of pyridine rings is 1. The van der Waals surface area contributed by atoms with Crippen molar-refractivity contribution in [3.8, 4) is 0 Å². The molecule has 0 bridgehead atoms. The largest absolute Gasteiger partial charge is 0.326 e. The van der Waals surface area contributed by atoms with Crippen molar-refractivity contribution in [2.24, 2.45) is 5.92 Å². The molecule has 0 fully saturated rings. The lowest BCUT2D eigenvalue weighted by atomic mass is 10.0. The van der Waals surface area contributed by atoms with Gasteiger partial charge in [-0.3, -0.25) is 30.2 Å². The molecule has 0 radical (unpaired) electrons. The van der Waals surface area contributed by atoms with Gasteiger partial charge in [-0.25, -0.2) is 4.39 Å². The van der Waals surface area contributed by atoms with Crippen LogP contribution in [0.4, 0.5) is 10.1 Å². The van der Waals surface area contributed by atoms with Gasteiger partial charge in [0.1, 0.15) is 5.82 Å². The highest BCUT2D eigenvalue weighted by atomic mass is 19.1. The van der Waals surface area contributed by atoms with Gasteiger partial charge in [-0.2, -0.15) is 0 Å². The average molecular weight is 358 g/mol. The van der Waals surface area contributed by atoms with Crippen LogP contribution in [0.25, 0.3) is 0 Å². The Bertz CT molecular complexity index is 766. The third kappa shape index (κ3) is 6.31. The Morgan fingerprint density at radius 1 is 0.962 bits per heavy atom. The molecular formula is C18H19FN4O3. The van der Waals surface area contributed by atoms with E-state index in [4.69, 9.17) is 0 Å². The monoisotopic (exact) mass is 358 g/mol. The zero-order valence-electron chi connectivity index (χ0n) is 14.2. The molecule has 0 aliphatic heterocycles. The molecule has 7 nitrogen and oxygen atoms in total. The van der Waals surface area contributed by atoms with Crippen LogP contribution >= 0.6 is 0 Å². The van der Waals surface area contributed by atoms with Crippen LogP contribution in [-0.4, -0.2) is 22.7 Å². The Morgan fingerprint density at radius 2 is 1.58 bits per heavy atom. The predicted octanol–water partition coefficient (Wildman–Crippen LogP) is 2.04. The summed E-state index contributed by atoms with van der Waals surface area (Å²) in [7, 11) is 0. The van der Waals surface area contributed by atoms with E-state index in [0.717, 1.165) is 0 Å². The number of carbonyl (C=O) groups is 3. The van der Waals surface area contributed by atoms with Gasteiger partial charge in [0.2, 0.25) is 11.8 Å². The summed E-state index contributed by atoms with van der Waals surface area (Å²) in [6, 6.07) is 8.45. The smallest absolute Gasteiger partial charge is 0.269 e. The molecule has 136 valence electrons. The van der Waals surface area contributed by atoms with Crippen molar-refractivity contribution in [3.05, 3.63) is 60.2 Å². The minimum absolute atomic E-state index is 0.0630. The number of nitrogens with one attached hydrogen (secondary N) is 3. The second kappa shape index (κ2) is 9.26. The number of carbonyl (C=O) groups excluding carboxylic acids is 3. The number of aromatic nitrogens is 1. The van der Waals surface area contributed by atoms with Crippen molar-refractivity contribution in [1.29, 1.82) is 0 Å². The van der Waals surface area contributed by atoms with Crippen LogP contribution < -0.4 is 16.2 Å². The predicted molar refractivity (Wildman–Crippen MR) is 93.3 cm³/mol. The summed E-state index contributed by atoms with van der Waals surface area (Å²) in [6.07, 6.45) is 3.12. The summed E-state index contributed by atoms with van der Waals surface area (Å²) in [6.45, 7) is 1.74. The van der Waals surface area contributed by atoms with Crippen LogP contribution in [0.5, 0.6) is 0 Å². The average Bonchev–Trinajstić information content (AvgIpc) is 2.62. The zero-order chi connectivity index (χ0) is 18.9. The van der Waals surface area contributed by atoms with Crippen LogP contribution in [0.2, 0.25) is 0 Å². The first kappa shape index (κ1) is 19.0. The van der Waals surface area contributed by atoms with Crippen molar-refractivity contribution in [2.75, 3.05) is 5.32 Å². The van der Waals surface area contributed by atoms with Crippen LogP contribution in [0.3, 0.4) is 0 Å². The number of benzene rings is 1. The molecule has 26 heavy (non-hydrogen) atoms. The molecule has 3 N–H and O–H groups in total. The quantitative estimate of drug-likeness (QED) is 0.688. The number of hydrazine groups is 1. The summed E-state index contributed by atoms with van der Waals surface area (Å²) in [5, 5.41) is 2.63. The standard InChI is InChI=1S/C18H19FN4O3/c1-12(10-16(24)21-15-4-2-14(19)3-5-15)11-17(25)22-23-18(26)13-6-8-20-9-7-13/h2-9,12H,10-11H2,1H3,(H,21,24)(H,22,25)(H,23,26). The number of rotatable bonds is 6. The molecule has 0 saturated carbocycles. The number of hydrogen-bond donors (Lipinski definition) is 3. The summed E-state index contributed by atoms with van der Waals surface area (Å²) in [5.41, 5.74) is 5.46. The summed E-state index contributed by atoms with van der Waals surface area (Å²) < 4.78 is 12.8. The van der Waals surface area contributed by atoms with Crippen LogP contribution in [0, 0.1) is 11.7 Å². The van der Waals surface area contributed by atoms with Gasteiger partial charge >= 0.3 is 0 Å². The van der Waals surface area contributed by atoms with Crippen molar-refractivity contribution in [3.63, 3.8) is 0 Å². The second-order valence-electron chi connectivity index (χ2n) is 5.81. The van der Waals surface area contributed by atoms with E-state index >= 15 is 0 Å². The summed E-state index contributed by atoms with van der Waals surface area (Å²) in [4.78, 5) is 39.4. The van der Waals surface area contributed by atoms with E-state index in [0.29, 0.717) is 11.3 Å². The van der Waals surface area contributed by atoms with Crippen LogP contribution in [-0.2, 0) is 9.59 Å². The highest BCUT2D eigenvalue weighted by molar-refractivity contribution is 5.95. The molecule has 0 aliphatic rings. The first-order valence-electron chi connectivity index (χ1n) is 7.98. The maximum absolute atomic E-state index is 12.8. The normalized spacial score (nSPS) is 11.3. The van der Waals surface area contributed by atoms with Gasteiger partial charge in [0.15, 0.2) is 0 Å². The maximum atomic E-state index is 12.8. The van der Waals surface area contributed by atoms with Gasteiger partial charge in [0.05, 0.1) is 0 Å². The Hall–Kier alpha value is -3.29. The van der Waals surface area contributed by atoms with Gasteiger partial charge in [-0.15, -0.1) is 0 Å². The van der Waals surface area contributed by atoms with Crippen LogP contribution in [0.1, 0.15) is 30.1 Å². The first-order valence-corrected chi connectivity index (χ1v) is 7.98. The minimum Gasteiger partial charge on any atom is -0.326 e. The van der Waals surface area contributed by atoms with Gasteiger partial charge in [0, 0.05) is 36.5 Å². The SMILES string of the molecule is CC(CC(=O)NNC(=O)c1ccncc1)CC(=O)Nc1ccc(F)cc1. The van der Waals surface area contributed by atoms with E-state index in [-0.39, 0.29) is 30.5 Å². The first-order chi connectivity index (χ1) is 12.4. The number of halogens is 1. The Morgan fingerprint density at radius 3 is 2.23 bits per heavy atom. The lowest BCUT2D eigenvalue weighted by Gasteiger charge is -2.12. The molecule has 1 atom stereocenters. The fourth-order valence-corrected chi connectivity index (χ4v) is 2.20. The van der Waals surface area contributed by atoms with Crippen molar-refractivity contribution >= 4 is 23.4 Å². The van der Waals surface area contributed by atoms with Crippen molar-refractivity contribution < 1.29 is 18.8 Å². The summed E-state index contributed by atoms with van der Waals surface area (Å²) >= 11 is 0. The summed E-state index contributed by atoms with van der Waals surface area (Å²) in [5.74, 6) is -1.77. The van der Waals surface area contributed by atoms with Crippen LogP contribution in [0.15, 0.2) is 48.8 Å². The third-order valence-corrected chi connectivity index (χ3v) is 3.45. The lowest BCUT2D eigenvalue weighted by molar-refractivity contribution is -0.123. The molecule has 0 aliphatic carbocycles. The Kier molecular flexibility index (Phi) is 6.78. The third-order valence-electron chi connectivity index (χ3n) is 3.45. The van der Waals surface area contributed by atoms with E-state index in [1.807, 2.05) is 0 Å². The zero-order valence-corrected chi connectivity index (χ0v) is 14.2. The fraction of sp³-hybridized carbons (Fsp3) is 0.222. The molecule has 0 spiro atoms. The van der Waals surface area contributed by atoms with Gasteiger partial charge in [-0.05, 0) is 42.3 Å². The molecule has 0 saturated heterocycles. The van der Waals surface area contributed by atoms with Gasteiger partial charge < -0.3 is 5.32 Å². The Balaban J connectivity index is 1.71. The molecule has 1 aromatic carbocycles. The van der Waals surface area contributed by atoms with E-state index in [2.05, 4.69) is 21.2 Å². The minimum atomic E-state index is -0.456. The van der Waals surface area contributed by atoms with Gasteiger partial charge in [-0.1, -0.05) is 6.92 Å². The molecule has 1 aromatic heterocycles. The molecule has 2 aromatic rings. The molecule has 1 unspecified atom stereocenters. The van der Waals surface area contributed by atoms with E-state index in [9.17, 15) is 18.8 Å². The molecule has 2 rings (SSSR count). The highest BCUT2D eigenvalue weighted by Crippen LogP contribution is 2.12. The lowest BCUT2D eigenvalue weighted by Crippen LogP contribution is -2.42. The number of nitrogens with zero attached hydrogens (tertiary/aromatic N) is 1.